The number of hydrogen-bond donors (Lipinski definition) is 1. The van der Waals surface area contributed by atoms with Gasteiger partial charge in [-0.2, -0.15) is 0 Å². The quantitative estimate of drug-likeness (QED) is 0.703. The lowest BCUT2D eigenvalue weighted by Crippen LogP contribution is -2.25. The molecule has 1 N–H and O–H groups in total. The predicted molar refractivity (Wildman–Crippen MR) is 104 cm³/mol. The van der Waals surface area contributed by atoms with Crippen molar-refractivity contribution in [3.8, 4) is 11.3 Å². The summed E-state index contributed by atoms with van der Waals surface area (Å²) in [5.41, 5.74) is 5.32. The summed E-state index contributed by atoms with van der Waals surface area (Å²) in [6.07, 6.45) is 1.80. The van der Waals surface area contributed by atoms with Gasteiger partial charge in [0.15, 0.2) is 0 Å². The van der Waals surface area contributed by atoms with Crippen molar-refractivity contribution < 1.29 is 4.79 Å². The molecule has 0 unspecified atom stereocenters. The fourth-order valence-electron chi connectivity index (χ4n) is 2.65. The van der Waals surface area contributed by atoms with Crippen LogP contribution in [0.15, 0.2) is 53.9 Å². The van der Waals surface area contributed by atoms with Gasteiger partial charge in [-0.15, -0.1) is 11.3 Å². The number of amides is 1. The maximum Gasteiger partial charge on any atom is 0.251 e. The molecule has 0 radical (unpaired) electrons. The van der Waals surface area contributed by atoms with Gasteiger partial charge in [-0.05, 0) is 43.0 Å². The molecule has 25 heavy (non-hydrogen) atoms. The minimum Gasteiger partial charge on any atom is -0.352 e. The molecule has 1 aromatic heterocycles. The van der Waals surface area contributed by atoms with E-state index in [4.69, 9.17) is 0 Å². The van der Waals surface area contributed by atoms with Crippen LogP contribution >= 0.6 is 11.3 Å². The van der Waals surface area contributed by atoms with E-state index in [1.54, 1.807) is 11.3 Å². The van der Waals surface area contributed by atoms with Crippen LogP contribution in [0.3, 0.4) is 0 Å². The van der Waals surface area contributed by atoms with Gasteiger partial charge in [0.1, 0.15) is 0 Å². The van der Waals surface area contributed by atoms with Crippen LogP contribution in [0.5, 0.6) is 0 Å². The number of rotatable bonds is 6. The summed E-state index contributed by atoms with van der Waals surface area (Å²) in [4.78, 5) is 16.7. The first-order valence-corrected chi connectivity index (χ1v) is 9.42. The van der Waals surface area contributed by atoms with Crippen LogP contribution in [0.4, 0.5) is 0 Å². The zero-order valence-electron chi connectivity index (χ0n) is 14.6. The second kappa shape index (κ2) is 8.08. The van der Waals surface area contributed by atoms with Gasteiger partial charge in [-0.1, -0.05) is 43.3 Å². The molecule has 1 amide bonds. The summed E-state index contributed by atoms with van der Waals surface area (Å²) in [7, 11) is 0. The molecule has 3 rings (SSSR count). The van der Waals surface area contributed by atoms with Crippen molar-refractivity contribution in [2.24, 2.45) is 0 Å². The molecule has 4 heteroatoms. The Bertz CT molecular complexity index is 835. The molecule has 0 aliphatic rings. The zero-order chi connectivity index (χ0) is 17.6. The molecule has 0 aliphatic carbocycles. The van der Waals surface area contributed by atoms with Crippen LogP contribution in [0.2, 0.25) is 0 Å². The molecule has 0 saturated carbocycles. The standard InChI is InChI=1S/C21H22N2OS/c1-3-16-4-10-19(11-5-16)21(24)22-13-12-17-6-8-18(9-7-17)20-14-25-15(2)23-20/h4-11,14H,3,12-13H2,1-2H3,(H,22,24). The average molecular weight is 350 g/mol. The number of carbonyl (C=O) groups excluding carboxylic acids is 1. The minimum absolute atomic E-state index is 0.0165. The lowest BCUT2D eigenvalue weighted by Gasteiger charge is -2.07. The van der Waals surface area contributed by atoms with E-state index in [1.165, 1.54) is 11.1 Å². The first-order chi connectivity index (χ1) is 12.2. The first-order valence-electron chi connectivity index (χ1n) is 8.54. The molecule has 0 saturated heterocycles. The van der Waals surface area contributed by atoms with E-state index in [-0.39, 0.29) is 5.91 Å². The van der Waals surface area contributed by atoms with E-state index < -0.39 is 0 Å². The Morgan fingerprint density at radius 1 is 1.04 bits per heavy atom. The van der Waals surface area contributed by atoms with Gasteiger partial charge >= 0.3 is 0 Å². The van der Waals surface area contributed by atoms with Crippen molar-refractivity contribution in [2.75, 3.05) is 6.54 Å². The Balaban J connectivity index is 1.52. The van der Waals surface area contributed by atoms with Crippen molar-refractivity contribution >= 4 is 17.2 Å². The Labute approximate surface area is 152 Å². The maximum absolute atomic E-state index is 12.2. The summed E-state index contributed by atoms with van der Waals surface area (Å²) in [5.74, 6) is -0.0165. The van der Waals surface area contributed by atoms with Crippen molar-refractivity contribution in [2.45, 2.75) is 26.7 Å². The van der Waals surface area contributed by atoms with Gasteiger partial charge in [-0.3, -0.25) is 4.79 Å². The van der Waals surface area contributed by atoms with Gasteiger partial charge in [0.05, 0.1) is 10.7 Å². The predicted octanol–water partition coefficient (Wildman–Crippen LogP) is 4.65. The van der Waals surface area contributed by atoms with Crippen LogP contribution in [-0.2, 0) is 12.8 Å². The lowest BCUT2D eigenvalue weighted by molar-refractivity contribution is 0.0954. The lowest BCUT2D eigenvalue weighted by atomic mass is 10.1. The minimum atomic E-state index is -0.0165. The Hall–Kier alpha value is -2.46. The zero-order valence-corrected chi connectivity index (χ0v) is 15.4. The highest BCUT2D eigenvalue weighted by molar-refractivity contribution is 7.09. The van der Waals surface area contributed by atoms with E-state index in [9.17, 15) is 4.79 Å². The van der Waals surface area contributed by atoms with Gasteiger partial charge in [0.25, 0.3) is 5.91 Å². The number of thiazole rings is 1. The van der Waals surface area contributed by atoms with Crippen molar-refractivity contribution in [3.63, 3.8) is 0 Å². The second-order valence-electron chi connectivity index (χ2n) is 6.01. The number of hydrogen-bond acceptors (Lipinski definition) is 3. The largest absolute Gasteiger partial charge is 0.352 e. The molecule has 0 bridgehead atoms. The molecular weight excluding hydrogens is 328 g/mol. The molecule has 3 nitrogen and oxygen atoms in total. The summed E-state index contributed by atoms with van der Waals surface area (Å²) >= 11 is 1.66. The van der Waals surface area contributed by atoms with Crippen LogP contribution < -0.4 is 5.32 Å². The van der Waals surface area contributed by atoms with Crippen molar-refractivity contribution in [3.05, 3.63) is 75.6 Å². The Morgan fingerprint density at radius 3 is 2.32 bits per heavy atom. The van der Waals surface area contributed by atoms with Gasteiger partial charge in [0.2, 0.25) is 0 Å². The second-order valence-corrected chi connectivity index (χ2v) is 7.07. The molecular formula is C21H22N2OS. The van der Waals surface area contributed by atoms with Gasteiger partial charge in [-0.25, -0.2) is 4.98 Å². The topological polar surface area (TPSA) is 42.0 Å². The fraction of sp³-hybridized carbons (Fsp3) is 0.238. The van der Waals surface area contributed by atoms with E-state index in [2.05, 4.69) is 46.9 Å². The van der Waals surface area contributed by atoms with Crippen LogP contribution in [0.25, 0.3) is 11.3 Å². The summed E-state index contributed by atoms with van der Waals surface area (Å²) in [6.45, 7) is 4.75. The first kappa shape index (κ1) is 17.4. The Morgan fingerprint density at radius 2 is 1.72 bits per heavy atom. The molecule has 1 heterocycles. The third-order valence-electron chi connectivity index (χ3n) is 4.19. The highest BCUT2D eigenvalue weighted by atomic mass is 32.1. The van der Waals surface area contributed by atoms with Crippen molar-refractivity contribution in [1.29, 1.82) is 0 Å². The smallest absolute Gasteiger partial charge is 0.251 e. The molecule has 0 aliphatic heterocycles. The van der Waals surface area contributed by atoms with Crippen LogP contribution in [0.1, 0.15) is 33.4 Å². The maximum atomic E-state index is 12.2. The molecule has 0 spiro atoms. The summed E-state index contributed by atoms with van der Waals surface area (Å²) in [6, 6.07) is 16.2. The fourth-order valence-corrected chi connectivity index (χ4v) is 3.27. The highest BCUT2D eigenvalue weighted by Crippen LogP contribution is 2.21. The normalized spacial score (nSPS) is 10.6. The third kappa shape index (κ3) is 4.54. The number of aromatic nitrogens is 1. The van der Waals surface area contributed by atoms with Gasteiger partial charge in [0, 0.05) is 23.1 Å². The highest BCUT2D eigenvalue weighted by Gasteiger charge is 2.05. The summed E-state index contributed by atoms with van der Waals surface area (Å²) in [5, 5.41) is 6.14. The SMILES string of the molecule is CCc1ccc(C(=O)NCCc2ccc(-c3csc(C)n3)cc2)cc1. The monoisotopic (exact) mass is 350 g/mol. The Kier molecular flexibility index (Phi) is 5.61. The van der Waals surface area contributed by atoms with E-state index in [0.29, 0.717) is 12.1 Å². The van der Waals surface area contributed by atoms with Crippen LogP contribution in [0, 0.1) is 6.92 Å². The van der Waals surface area contributed by atoms with E-state index >= 15 is 0 Å². The van der Waals surface area contributed by atoms with E-state index in [0.717, 1.165) is 29.1 Å². The molecule has 128 valence electrons. The number of benzene rings is 2. The summed E-state index contributed by atoms with van der Waals surface area (Å²) < 4.78 is 0. The number of carbonyl (C=O) groups is 1. The number of nitrogens with zero attached hydrogens (tertiary/aromatic N) is 1. The van der Waals surface area contributed by atoms with Crippen LogP contribution in [-0.4, -0.2) is 17.4 Å². The molecule has 0 fully saturated rings. The molecule has 0 atom stereocenters. The van der Waals surface area contributed by atoms with Crippen molar-refractivity contribution in [1.82, 2.24) is 10.3 Å². The molecule has 2 aromatic carbocycles. The van der Waals surface area contributed by atoms with Gasteiger partial charge < -0.3 is 5.32 Å². The van der Waals surface area contributed by atoms with E-state index in [1.807, 2.05) is 31.2 Å². The average Bonchev–Trinajstić information content (AvgIpc) is 3.08. The number of nitrogens with one attached hydrogen (secondary N) is 1. The third-order valence-corrected chi connectivity index (χ3v) is 4.97. The number of aryl methyl sites for hydroxylation is 2. The molecule has 3 aromatic rings.